The first-order valence-electron chi connectivity index (χ1n) is 16.1. The van der Waals surface area contributed by atoms with Crippen LogP contribution in [0.15, 0.2) is 24.3 Å². The summed E-state index contributed by atoms with van der Waals surface area (Å²) in [4.78, 5) is 43.9. The van der Waals surface area contributed by atoms with Crippen molar-refractivity contribution in [3.8, 4) is 5.69 Å². The predicted octanol–water partition coefficient (Wildman–Crippen LogP) is 4.10. The highest BCUT2D eigenvalue weighted by Gasteiger charge is 2.55. The molecule has 3 heterocycles. The maximum Gasteiger partial charge on any atom is 0.251 e. The van der Waals surface area contributed by atoms with Crippen LogP contribution in [0, 0.1) is 19.8 Å². The van der Waals surface area contributed by atoms with Gasteiger partial charge in [0.15, 0.2) is 0 Å². The van der Waals surface area contributed by atoms with Crippen LogP contribution in [0.1, 0.15) is 92.0 Å². The van der Waals surface area contributed by atoms with Gasteiger partial charge in [0, 0.05) is 50.0 Å². The van der Waals surface area contributed by atoms with E-state index in [4.69, 9.17) is 5.10 Å². The molecule has 45 heavy (non-hydrogen) atoms. The van der Waals surface area contributed by atoms with Crippen LogP contribution < -0.4 is 10.6 Å². The number of aliphatic hydroxyl groups excluding tert-OH is 1. The van der Waals surface area contributed by atoms with Gasteiger partial charge >= 0.3 is 0 Å². The highest BCUT2D eigenvalue weighted by atomic mass is 35.5. The van der Waals surface area contributed by atoms with E-state index in [1.807, 2.05) is 28.6 Å². The number of piperidine rings is 1. The fourth-order valence-electron chi connectivity index (χ4n) is 7.31. The number of carbonyl (C=O) groups is 3. The number of likely N-dealkylation sites (tertiary alicyclic amines) is 1. The quantitative estimate of drug-likeness (QED) is 0.372. The fourth-order valence-corrected chi connectivity index (χ4v) is 7.31. The summed E-state index contributed by atoms with van der Waals surface area (Å²) >= 11 is 0. The monoisotopic (exact) mass is 664 g/mol. The number of aromatic nitrogens is 2. The number of aliphatic hydroxyl groups is 1. The van der Waals surface area contributed by atoms with E-state index in [-0.39, 0.29) is 48.5 Å². The van der Waals surface area contributed by atoms with E-state index in [0.29, 0.717) is 44.6 Å². The molecule has 2 atom stereocenters. The van der Waals surface area contributed by atoms with Gasteiger partial charge in [0.05, 0.1) is 17.5 Å². The summed E-state index contributed by atoms with van der Waals surface area (Å²) in [5, 5.41) is 21.7. The topological polar surface area (TPSA) is 120 Å². The zero-order valence-electron chi connectivity index (χ0n) is 27.0. The van der Waals surface area contributed by atoms with Gasteiger partial charge in [0.1, 0.15) is 11.6 Å². The fraction of sp³-hybridized carbons (Fsp3) is 0.636. The number of aryl methyl sites for hydroxylation is 1. The summed E-state index contributed by atoms with van der Waals surface area (Å²) in [6.07, 6.45) is 7.18. The van der Waals surface area contributed by atoms with Gasteiger partial charge < -0.3 is 20.6 Å². The van der Waals surface area contributed by atoms with Crippen molar-refractivity contribution in [1.29, 1.82) is 0 Å². The highest BCUT2D eigenvalue weighted by Crippen LogP contribution is 2.37. The summed E-state index contributed by atoms with van der Waals surface area (Å²) in [6, 6.07) is 6.56. The summed E-state index contributed by atoms with van der Waals surface area (Å²) in [5.41, 5.74) is 3.76. The molecular formula is C33H50Cl2N6O4. The molecular weight excluding hydrogens is 615 g/mol. The Bertz CT molecular complexity index is 1320. The predicted molar refractivity (Wildman–Crippen MR) is 179 cm³/mol. The number of nitrogens with one attached hydrogen (secondary N) is 2. The molecule has 3 N–H and O–H groups in total. The second-order valence-electron chi connectivity index (χ2n) is 12.7. The van der Waals surface area contributed by atoms with Crippen LogP contribution in [0.25, 0.3) is 5.69 Å². The summed E-state index contributed by atoms with van der Waals surface area (Å²) < 4.78 is 1.92. The lowest BCUT2D eigenvalue weighted by molar-refractivity contribution is -0.166. The number of benzene rings is 1. The van der Waals surface area contributed by atoms with Crippen molar-refractivity contribution in [1.82, 2.24) is 30.2 Å². The Kier molecular flexibility index (Phi) is 12.9. The van der Waals surface area contributed by atoms with Crippen LogP contribution in [0.3, 0.4) is 0 Å². The Morgan fingerprint density at radius 2 is 1.73 bits per heavy atom. The first-order valence-corrected chi connectivity index (χ1v) is 16.1. The zero-order chi connectivity index (χ0) is 30.7. The summed E-state index contributed by atoms with van der Waals surface area (Å²) in [5.74, 6) is -0.285. The van der Waals surface area contributed by atoms with Crippen LogP contribution in [-0.4, -0.2) is 86.8 Å². The average Bonchev–Trinajstić information content (AvgIpc) is 3.31. The number of hydrogen-bond donors (Lipinski definition) is 3. The van der Waals surface area contributed by atoms with Gasteiger partial charge in [0.25, 0.3) is 5.91 Å². The van der Waals surface area contributed by atoms with E-state index in [1.165, 1.54) is 6.42 Å². The number of nitrogens with zero attached hydrogens (tertiary/aromatic N) is 4. The Hall–Kier alpha value is -2.66. The molecule has 5 rings (SSSR count). The van der Waals surface area contributed by atoms with Crippen LogP contribution in [0.4, 0.5) is 0 Å². The molecule has 3 aliphatic rings. The Morgan fingerprint density at radius 1 is 1.09 bits per heavy atom. The molecule has 1 aromatic heterocycles. The number of piperazine rings is 1. The first-order chi connectivity index (χ1) is 20.7. The van der Waals surface area contributed by atoms with Crippen LogP contribution in [0.2, 0.25) is 0 Å². The smallest absolute Gasteiger partial charge is 0.251 e. The summed E-state index contributed by atoms with van der Waals surface area (Å²) in [7, 11) is 1.62. The molecule has 2 saturated heterocycles. The van der Waals surface area contributed by atoms with Crippen molar-refractivity contribution in [2.75, 3.05) is 26.7 Å². The SMILES string of the molecule is CCCCN1C(=O)[C@@H](C(O)C2CCCCC2)NC(=O)C12CCN(Cc1c(C)nn(-c3ccc(C(=O)NC)cc3)c1C)CC2.Cl.Cl. The van der Waals surface area contributed by atoms with Crippen molar-refractivity contribution < 1.29 is 19.5 Å². The normalized spacial score (nSPS) is 21.1. The highest BCUT2D eigenvalue weighted by molar-refractivity contribution is 6.00. The molecule has 3 fully saturated rings. The lowest BCUT2D eigenvalue weighted by atomic mass is 9.78. The third kappa shape index (κ3) is 7.34. The molecule has 1 aromatic carbocycles. The van der Waals surface area contributed by atoms with Crippen LogP contribution in [-0.2, 0) is 16.1 Å². The van der Waals surface area contributed by atoms with Crippen molar-refractivity contribution in [3.05, 3.63) is 46.8 Å². The van der Waals surface area contributed by atoms with Crippen LogP contribution >= 0.6 is 24.8 Å². The largest absolute Gasteiger partial charge is 0.390 e. The minimum absolute atomic E-state index is 0. The molecule has 1 unspecified atom stereocenters. The second-order valence-corrected chi connectivity index (χ2v) is 12.7. The molecule has 0 radical (unpaired) electrons. The number of carbonyl (C=O) groups excluding carboxylic acids is 3. The van der Waals surface area contributed by atoms with Crippen molar-refractivity contribution in [2.45, 2.75) is 103 Å². The van der Waals surface area contributed by atoms with Crippen molar-refractivity contribution in [3.63, 3.8) is 0 Å². The lowest BCUT2D eigenvalue weighted by Gasteiger charge is -2.52. The number of amides is 3. The van der Waals surface area contributed by atoms with Gasteiger partial charge in [-0.2, -0.15) is 5.10 Å². The Morgan fingerprint density at radius 3 is 2.33 bits per heavy atom. The number of hydrogen-bond acceptors (Lipinski definition) is 6. The molecule has 2 aliphatic heterocycles. The maximum atomic E-state index is 13.9. The molecule has 1 aliphatic carbocycles. The van der Waals surface area contributed by atoms with E-state index in [1.54, 1.807) is 19.2 Å². The van der Waals surface area contributed by atoms with E-state index in [2.05, 4.69) is 29.4 Å². The van der Waals surface area contributed by atoms with Gasteiger partial charge in [-0.1, -0.05) is 32.6 Å². The van der Waals surface area contributed by atoms with Gasteiger partial charge in [-0.25, -0.2) is 4.68 Å². The van der Waals surface area contributed by atoms with Gasteiger partial charge in [-0.15, -0.1) is 24.8 Å². The lowest BCUT2D eigenvalue weighted by Crippen LogP contribution is -2.75. The molecule has 12 heteroatoms. The van der Waals surface area contributed by atoms with E-state index in [0.717, 1.165) is 61.2 Å². The third-order valence-corrected chi connectivity index (χ3v) is 10.1. The van der Waals surface area contributed by atoms with Gasteiger partial charge in [0.2, 0.25) is 11.8 Å². The molecule has 250 valence electrons. The minimum Gasteiger partial charge on any atom is -0.390 e. The molecule has 2 aromatic rings. The third-order valence-electron chi connectivity index (χ3n) is 10.1. The summed E-state index contributed by atoms with van der Waals surface area (Å²) in [6.45, 7) is 8.79. The molecule has 0 bridgehead atoms. The van der Waals surface area contributed by atoms with Crippen LogP contribution in [0.5, 0.6) is 0 Å². The van der Waals surface area contributed by atoms with E-state index in [9.17, 15) is 19.5 Å². The Labute approximate surface area is 279 Å². The number of rotatable bonds is 9. The van der Waals surface area contributed by atoms with E-state index >= 15 is 0 Å². The maximum absolute atomic E-state index is 13.9. The Balaban J connectivity index is 0.00000276. The molecule has 1 spiro atoms. The second kappa shape index (κ2) is 15.8. The first kappa shape index (κ1) is 36.8. The average molecular weight is 666 g/mol. The van der Waals surface area contributed by atoms with Gasteiger partial charge in [-0.3, -0.25) is 19.3 Å². The van der Waals surface area contributed by atoms with Crippen molar-refractivity contribution >= 4 is 42.5 Å². The standard InChI is InChI=1S/C33H48N6O4.2ClH/c1-5-6-18-38-31(42)28(29(40)24-10-8-7-9-11-24)35-32(43)33(38)16-19-37(20-17-33)21-27-22(2)36-39(23(27)3)26-14-12-25(13-15-26)30(41)34-4;;/h12-15,24,28-29,40H,5-11,16-21H2,1-4H3,(H,34,41)(H,35,43);2*1H/t28-,29?;;/m1../s1. The molecule has 3 amide bonds. The molecule has 1 saturated carbocycles. The van der Waals surface area contributed by atoms with E-state index < -0.39 is 17.7 Å². The van der Waals surface area contributed by atoms with Crippen molar-refractivity contribution in [2.24, 2.45) is 5.92 Å². The molecule has 10 nitrogen and oxygen atoms in total. The van der Waals surface area contributed by atoms with Gasteiger partial charge in [-0.05, 0) is 76.1 Å². The zero-order valence-corrected chi connectivity index (χ0v) is 28.6. The number of halogens is 2. The minimum atomic E-state index is -0.869. The number of unbranched alkanes of at least 4 members (excludes halogenated alkanes) is 1.